The Bertz CT molecular complexity index is 334. The Morgan fingerprint density at radius 1 is 1.77 bits per heavy atom. The van der Waals surface area contributed by atoms with E-state index in [1.165, 1.54) is 4.90 Å². The van der Waals surface area contributed by atoms with Crippen molar-refractivity contribution in [3.8, 4) is 10.8 Å². The van der Waals surface area contributed by atoms with Crippen LogP contribution in [0.5, 0.6) is 0 Å². The van der Waals surface area contributed by atoms with Gasteiger partial charge >= 0.3 is 0 Å². The van der Waals surface area contributed by atoms with E-state index in [0.717, 1.165) is 5.76 Å². The zero-order chi connectivity index (χ0) is 9.68. The van der Waals surface area contributed by atoms with E-state index >= 15 is 0 Å². The van der Waals surface area contributed by atoms with Gasteiger partial charge in [-0.3, -0.25) is 4.79 Å². The van der Waals surface area contributed by atoms with Crippen molar-refractivity contribution in [2.75, 3.05) is 7.05 Å². The molecule has 1 heterocycles. The van der Waals surface area contributed by atoms with Gasteiger partial charge in [0.2, 0.25) is 0 Å². The van der Waals surface area contributed by atoms with Crippen molar-refractivity contribution in [2.45, 2.75) is 6.54 Å². The van der Waals surface area contributed by atoms with Crippen LogP contribution >= 0.6 is 15.9 Å². The van der Waals surface area contributed by atoms with Crippen molar-refractivity contribution in [1.29, 1.82) is 0 Å². The summed E-state index contributed by atoms with van der Waals surface area (Å²) in [7, 11) is 1.67. The Balaban J connectivity index is 2.54. The van der Waals surface area contributed by atoms with Crippen LogP contribution < -0.4 is 0 Å². The van der Waals surface area contributed by atoms with Gasteiger partial charge < -0.3 is 9.32 Å². The van der Waals surface area contributed by atoms with Crippen LogP contribution in [-0.4, -0.2) is 17.9 Å². The SMILES string of the molecule is CN(Cc1ccco1)C(=O)C#CBr. The largest absolute Gasteiger partial charge is 0.467 e. The number of amides is 1. The minimum atomic E-state index is -0.242. The molecule has 13 heavy (non-hydrogen) atoms. The first-order valence-corrected chi connectivity index (χ1v) is 4.42. The lowest BCUT2D eigenvalue weighted by Crippen LogP contribution is -2.24. The van der Waals surface area contributed by atoms with Gasteiger partial charge in [-0.2, -0.15) is 0 Å². The third-order valence-corrected chi connectivity index (χ3v) is 1.67. The van der Waals surface area contributed by atoms with E-state index in [1.54, 1.807) is 19.4 Å². The molecule has 0 aromatic carbocycles. The van der Waals surface area contributed by atoms with Gasteiger partial charge in [0.15, 0.2) is 0 Å². The van der Waals surface area contributed by atoms with Gasteiger partial charge in [0, 0.05) is 28.9 Å². The fraction of sp³-hybridized carbons (Fsp3) is 0.222. The highest BCUT2D eigenvalue weighted by Crippen LogP contribution is 2.03. The lowest BCUT2D eigenvalue weighted by Gasteiger charge is -2.10. The highest BCUT2D eigenvalue weighted by atomic mass is 79.9. The number of carbonyl (C=O) groups is 1. The molecule has 1 aromatic rings. The second-order valence-corrected chi connectivity index (χ2v) is 2.86. The summed E-state index contributed by atoms with van der Waals surface area (Å²) in [5.41, 5.74) is 0. The summed E-state index contributed by atoms with van der Waals surface area (Å²) in [5, 5.41) is 0. The second kappa shape index (κ2) is 4.73. The Kier molecular flexibility index (Phi) is 3.59. The third-order valence-electron chi connectivity index (χ3n) is 1.47. The minimum Gasteiger partial charge on any atom is -0.467 e. The van der Waals surface area contributed by atoms with Crippen LogP contribution in [0, 0.1) is 10.8 Å². The normalized spacial score (nSPS) is 8.77. The van der Waals surface area contributed by atoms with Gasteiger partial charge in [0.25, 0.3) is 5.91 Å². The third kappa shape index (κ3) is 2.96. The summed E-state index contributed by atoms with van der Waals surface area (Å²) in [6.07, 6.45) is 1.57. The standard InChI is InChI=1S/C9H8BrNO2/c1-11(9(12)4-5-10)7-8-3-2-6-13-8/h2-3,6H,7H2,1H3. The van der Waals surface area contributed by atoms with Crippen molar-refractivity contribution in [3.63, 3.8) is 0 Å². The van der Waals surface area contributed by atoms with E-state index in [2.05, 4.69) is 26.7 Å². The molecule has 0 aliphatic carbocycles. The smallest absolute Gasteiger partial charge is 0.299 e. The molecule has 1 amide bonds. The molecule has 68 valence electrons. The summed E-state index contributed by atoms with van der Waals surface area (Å²) >= 11 is 2.86. The molecule has 0 radical (unpaired) electrons. The van der Waals surface area contributed by atoms with Gasteiger partial charge in [-0.05, 0) is 17.0 Å². The van der Waals surface area contributed by atoms with Gasteiger partial charge in [-0.15, -0.1) is 0 Å². The van der Waals surface area contributed by atoms with E-state index in [9.17, 15) is 4.79 Å². The summed E-state index contributed by atoms with van der Waals surface area (Å²) in [5.74, 6) is 2.87. The van der Waals surface area contributed by atoms with Crippen molar-refractivity contribution in [1.82, 2.24) is 4.90 Å². The second-order valence-electron chi connectivity index (χ2n) is 2.46. The van der Waals surface area contributed by atoms with Gasteiger partial charge in [-0.25, -0.2) is 0 Å². The topological polar surface area (TPSA) is 33.5 Å². The average Bonchev–Trinajstić information content (AvgIpc) is 2.57. The van der Waals surface area contributed by atoms with E-state index in [1.807, 2.05) is 6.07 Å². The maximum Gasteiger partial charge on any atom is 0.299 e. The number of hydrogen-bond donors (Lipinski definition) is 0. The molecule has 4 heteroatoms. The molecular formula is C9H8BrNO2. The Morgan fingerprint density at radius 3 is 3.08 bits per heavy atom. The number of nitrogens with zero attached hydrogens (tertiary/aromatic N) is 1. The van der Waals surface area contributed by atoms with Crippen molar-refractivity contribution >= 4 is 21.8 Å². The van der Waals surface area contributed by atoms with Gasteiger partial charge in [-0.1, -0.05) is 0 Å². The number of halogens is 1. The molecule has 3 nitrogen and oxygen atoms in total. The predicted molar refractivity (Wildman–Crippen MR) is 51.9 cm³/mol. The van der Waals surface area contributed by atoms with E-state index in [4.69, 9.17) is 4.42 Å². The molecule has 0 aliphatic heterocycles. The number of carbonyl (C=O) groups excluding carboxylic acids is 1. The molecule has 1 aromatic heterocycles. The van der Waals surface area contributed by atoms with E-state index in [-0.39, 0.29) is 5.91 Å². The lowest BCUT2D eigenvalue weighted by atomic mass is 10.4. The predicted octanol–water partition coefficient (Wildman–Crippen LogP) is 1.59. The summed E-state index contributed by atoms with van der Waals surface area (Å²) in [4.78, 5) is 15.0. The van der Waals surface area contributed by atoms with E-state index in [0.29, 0.717) is 6.54 Å². The molecule has 0 saturated heterocycles. The van der Waals surface area contributed by atoms with E-state index < -0.39 is 0 Å². The Morgan fingerprint density at radius 2 is 2.54 bits per heavy atom. The molecule has 0 unspecified atom stereocenters. The van der Waals surface area contributed by atoms with Crippen LogP contribution in [-0.2, 0) is 11.3 Å². The first-order valence-electron chi connectivity index (χ1n) is 3.63. The van der Waals surface area contributed by atoms with Gasteiger partial charge in [0.05, 0.1) is 12.8 Å². The molecule has 0 bridgehead atoms. The highest BCUT2D eigenvalue weighted by Gasteiger charge is 2.06. The highest BCUT2D eigenvalue weighted by molar-refractivity contribution is 9.12. The molecule has 0 saturated carbocycles. The summed E-state index contributed by atoms with van der Waals surface area (Å²) < 4.78 is 5.08. The number of rotatable bonds is 2. The Labute approximate surface area is 84.8 Å². The fourth-order valence-corrected chi connectivity index (χ4v) is 1.01. The van der Waals surface area contributed by atoms with Crippen LogP contribution in [0.1, 0.15) is 5.76 Å². The summed E-state index contributed by atoms with van der Waals surface area (Å²) in [6.45, 7) is 0.438. The zero-order valence-electron chi connectivity index (χ0n) is 7.08. The fourth-order valence-electron chi connectivity index (χ4n) is 0.844. The lowest BCUT2D eigenvalue weighted by molar-refractivity contribution is -0.124. The monoisotopic (exact) mass is 241 g/mol. The first-order chi connectivity index (χ1) is 6.24. The maximum atomic E-state index is 11.1. The quantitative estimate of drug-likeness (QED) is 0.738. The molecule has 0 N–H and O–H groups in total. The number of hydrogen-bond acceptors (Lipinski definition) is 2. The van der Waals surface area contributed by atoms with Crippen LogP contribution in [0.2, 0.25) is 0 Å². The van der Waals surface area contributed by atoms with Crippen molar-refractivity contribution in [2.24, 2.45) is 0 Å². The maximum absolute atomic E-state index is 11.1. The van der Waals surface area contributed by atoms with Crippen molar-refractivity contribution < 1.29 is 9.21 Å². The summed E-state index contributed by atoms with van der Waals surface area (Å²) in [6, 6.07) is 3.59. The Hall–Kier alpha value is -1.21. The van der Waals surface area contributed by atoms with Crippen LogP contribution in [0.15, 0.2) is 22.8 Å². The molecule has 1 rings (SSSR count). The van der Waals surface area contributed by atoms with Gasteiger partial charge in [0.1, 0.15) is 5.76 Å². The average molecular weight is 242 g/mol. The minimum absolute atomic E-state index is 0.242. The molecule has 0 atom stereocenters. The van der Waals surface area contributed by atoms with Crippen LogP contribution in [0.3, 0.4) is 0 Å². The molecule has 0 aliphatic rings. The molecular weight excluding hydrogens is 234 g/mol. The number of furan rings is 1. The molecule has 0 spiro atoms. The van der Waals surface area contributed by atoms with Crippen LogP contribution in [0.4, 0.5) is 0 Å². The first kappa shape index (κ1) is 9.87. The van der Waals surface area contributed by atoms with Crippen molar-refractivity contribution in [3.05, 3.63) is 24.2 Å². The van der Waals surface area contributed by atoms with Crippen LogP contribution in [0.25, 0.3) is 0 Å². The molecule has 0 fully saturated rings. The zero-order valence-corrected chi connectivity index (χ0v) is 8.67.